The Bertz CT molecular complexity index is 355. The molecule has 6 heteroatoms. The van der Waals surface area contributed by atoms with Gasteiger partial charge in [0.15, 0.2) is 5.16 Å². The maximum Gasteiger partial charge on any atom is 0.190 e. The predicted molar refractivity (Wildman–Crippen MR) is 68.3 cm³/mol. The first-order valence-electron chi connectivity index (χ1n) is 5.34. The van der Waals surface area contributed by atoms with Gasteiger partial charge in [-0.2, -0.15) is 0 Å². The highest BCUT2D eigenvalue weighted by atomic mass is 35.5. The van der Waals surface area contributed by atoms with Gasteiger partial charge in [-0.05, 0) is 25.6 Å². The van der Waals surface area contributed by atoms with E-state index in [-0.39, 0.29) is 0 Å². The fourth-order valence-corrected chi connectivity index (χ4v) is 2.35. The van der Waals surface area contributed by atoms with E-state index in [2.05, 4.69) is 20.6 Å². The van der Waals surface area contributed by atoms with Crippen molar-refractivity contribution in [2.24, 2.45) is 0 Å². The van der Waals surface area contributed by atoms with Gasteiger partial charge in [0.05, 0.1) is 0 Å². The topological polar surface area (TPSA) is 49.8 Å². The Labute approximate surface area is 105 Å². The first-order chi connectivity index (χ1) is 7.78. The lowest BCUT2D eigenvalue weighted by Crippen LogP contribution is -2.29. The second-order valence-corrected chi connectivity index (χ2v) is 4.90. The molecule has 88 valence electrons. The van der Waals surface area contributed by atoms with Crippen molar-refractivity contribution in [2.45, 2.75) is 24.0 Å². The Kier molecular flexibility index (Phi) is 4.26. The molecule has 1 unspecified atom stereocenters. The van der Waals surface area contributed by atoms with Gasteiger partial charge in [-0.1, -0.05) is 23.4 Å². The molecule has 0 spiro atoms. The molecular weight excluding hydrogens is 244 g/mol. The Morgan fingerprint density at radius 3 is 3.19 bits per heavy atom. The average Bonchev–Trinajstić information content (AvgIpc) is 2.78. The molecule has 1 aliphatic rings. The van der Waals surface area contributed by atoms with Crippen molar-refractivity contribution < 1.29 is 0 Å². The Balaban J connectivity index is 1.94. The van der Waals surface area contributed by atoms with Crippen LogP contribution >= 0.6 is 23.4 Å². The van der Waals surface area contributed by atoms with Crippen LogP contribution in [-0.2, 0) is 0 Å². The maximum atomic E-state index is 5.90. The summed E-state index contributed by atoms with van der Waals surface area (Å²) in [4.78, 5) is 8.44. The number of thioether (sulfide) groups is 1. The number of hydrogen-bond acceptors (Lipinski definition) is 5. The van der Waals surface area contributed by atoms with Crippen LogP contribution in [0.4, 0.5) is 5.82 Å². The third kappa shape index (κ3) is 3.23. The van der Waals surface area contributed by atoms with Gasteiger partial charge < -0.3 is 10.6 Å². The van der Waals surface area contributed by atoms with Crippen LogP contribution in [0.3, 0.4) is 0 Å². The normalized spacial score (nSPS) is 20.0. The molecule has 2 rings (SSSR count). The number of hydrogen-bond donors (Lipinski definition) is 2. The highest BCUT2D eigenvalue weighted by Crippen LogP contribution is 2.17. The quantitative estimate of drug-likeness (QED) is 0.492. The third-order valence-electron chi connectivity index (χ3n) is 2.55. The van der Waals surface area contributed by atoms with Crippen LogP contribution in [0.1, 0.15) is 12.8 Å². The van der Waals surface area contributed by atoms with E-state index in [4.69, 9.17) is 11.6 Å². The van der Waals surface area contributed by atoms with E-state index < -0.39 is 0 Å². The predicted octanol–water partition coefficient (Wildman–Crippen LogP) is 2.02. The third-order valence-corrected chi connectivity index (χ3v) is 3.29. The smallest absolute Gasteiger partial charge is 0.190 e. The van der Waals surface area contributed by atoms with Crippen molar-refractivity contribution >= 4 is 29.2 Å². The number of anilines is 1. The van der Waals surface area contributed by atoms with Crippen LogP contribution < -0.4 is 10.6 Å². The lowest BCUT2D eigenvalue weighted by Gasteiger charge is -2.12. The summed E-state index contributed by atoms with van der Waals surface area (Å²) in [5.74, 6) is 0.804. The van der Waals surface area contributed by atoms with Crippen molar-refractivity contribution in [1.82, 2.24) is 15.3 Å². The molecule has 16 heavy (non-hydrogen) atoms. The molecule has 0 radical (unpaired) electrons. The molecule has 2 heterocycles. The SMILES string of the molecule is CSc1nc(Cl)cc(NCC2CCCN2)n1. The van der Waals surface area contributed by atoms with Gasteiger partial charge in [-0.3, -0.25) is 0 Å². The Morgan fingerprint density at radius 2 is 2.50 bits per heavy atom. The van der Waals surface area contributed by atoms with Gasteiger partial charge in [0.1, 0.15) is 11.0 Å². The molecule has 0 saturated carbocycles. The van der Waals surface area contributed by atoms with Crippen LogP contribution in [0.25, 0.3) is 0 Å². The zero-order valence-electron chi connectivity index (χ0n) is 9.16. The minimum Gasteiger partial charge on any atom is -0.368 e. The summed E-state index contributed by atoms with van der Waals surface area (Å²) >= 11 is 7.40. The monoisotopic (exact) mass is 258 g/mol. The fraction of sp³-hybridized carbons (Fsp3) is 0.600. The molecule has 0 aromatic carbocycles. The van der Waals surface area contributed by atoms with Gasteiger partial charge in [-0.15, -0.1) is 0 Å². The number of aromatic nitrogens is 2. The highest BCUT2D eigenvalue weighted by Gasteiger charge is 2.13. The number of nitrogens with zero attached hydrogens (tertiary/aromatic N) is 2. The van der Waals surface area contributed by atoms with E-state index in [1.165, 1.54) is 24.6 Å². The van der Waals surface area contributed by atoms with E-state index in [1.807, 2.05) is 6.26 Å². The number of rotatable bonds is 4. The molecule has 4 nitrogen and oxygen atoms in total. The molecule has 1 aromatic heterocycles. The van der Waals surface area contributed by atoms with Crippen LogP contribution in [0.5, 0.6) is 0 Å². The van der Waals surface area contributed by atoms with Crippen molar-refractivity contribution in [3.63, 3.8) is 0 Å². The minimum atomic E-state index is 0.487. The van der Waals surface area contributed by atoms with E-state index in [9.17, 15) is 0 Å². The number of nitrogens with one attached hydrogen (secondary N) is 2. The molecule has 1 aliphatic heterocycles. The van der Waals surface area contributed by atoms with E-state index in [0.717, 1.165) is 18.9 Å². The van der Waals surface area contributed by atoms with Crippen LogP contribution in [-0.4, -0.2) is 35.4 Å². The first-order valence-corrected chi connectivity index (χ1v) is 6.94. The highest BCUT2D eigenvalue weighted by molar-refractivity contribution is 7.98. The molecule has 1 atom stereocenters. The molecule has 1 fully saturated rings. The molecular formula is C10H15ClN4S. The largest absolute Gasteiger partial charge is 0.368 e. The summed E-state index contributed by atoms with van der Waals surface area (Å²) in [6.45, 7) is 2.01. The first kappa shape index (κ1) is 12.0. The van der Waals surface area contributed by atoms with Crippen LogP contribution in [0, 0.1) is 0 Å². The lowest BCUT2D eigenvalue weighted by molar-refractivity contribution is 0.632. The van der Waals surface area contributed by atoms with Gasteiger partial charge in [0.25, 0.3) is 0 Å². The zero-order valence-corrected chi connectivity index (χ0v) is 10.7. The summed E-state index contributed by atoms with van der Waals surface area (Å²) in [5.41, 5.74) is 0. The van der Waals surface area contributed by atoms with Gasteiger partial charge in [-0.25, -0.2) is 9.97 Å². The van der Waals surface area contributed by atoms with Crippen LogP contribution in [0.15, 0.2) is 11.2 Å². The van der Waals surface area contributed by atoms with E-state index in [0.29, 0.717) is 16.4 Å². The lowest BCUT2D eigenvalue weighted by atomic mass is 10.2. The van der Waals surface area contributed by atoms with Gasteiger partial charge in [0.2, 0.25) is 0 Å². The zero-order chi connectivity index (χ0) is 11.4. The van der Waals surface area contributed by atoms with E-state index in [1.54, 1.807) is 6.07 Å². The summed E-state index contributed by atoms with van der Waals surface area (Å²) in [6, 6.07) is 2.31. The molecule has 0 aliphatic carbocycles. The average molecular weight is 259 g/mol. The standard InChI is InChI=1S/C10H15ClN4S/c1-16-10-14-8(11)5-9(15-10)13-6-7-3-2-4-12-7/h5,7,12H,2-4,6H2,1H3,(H,13,14,15). The molecule has 1 aromatic rings. The Morgan fingerprint density at radius 1 is 1.62 bits per heavy atom. The summed E-state index contributed by atoms with van der Waals surface area (Å²) < 4.78 is 0. The summed E-state index contributed by atoms with van der Waals surface area (Å²) in [7, 11) is 0. The van der Waals surface area contributed by atoms with Crippen molar-refractivity contribution in [2.75, 3.05) is 24.7 Å². The maximum absolute atomic E-state index is 5.90. The summed E-state index contributed by atoms with van der Waals surface area (Å²) in [6.07, 6.45) is 4.42. The summed E-state index contributed by atoms with van der Waals surface area (Å²) in [5, 5.41) is 7.91. The van der Waals surface area contributed by atoms with Crippen molar-refractivity contribution in [3.8, 4) is 0 Å². The minimum absolute atomic E-state index is 0.487. The van der Waals surface area contributed by atoms with Gasteiger partial charge in [0, 0.05) is 18.7 Å². The molecule has 0 bridgehead atoms. The number of halogens is 1. The fourth-order valence-electron chi connectivity index (χ4n) is 1.74. The Hall–Kier alpha value is -0.520. The van der Waals surface area contributed by atoms with Crippen molar-refractivity contribution in [1.29, 1.82) is 0 Å². The molecule has 2 N–H and O–H groups in total. The second-order valence-electron chi connectivity index (χ2n) is 3.74. The van der Waals surface area contributed by atoms with Gasteiger partial charge >= 0.3 is 0 Å². The van der Waals surface area contributed by atoms with Crippen LogP contribution in [0.2, 0.25) is 5.15 Å². The second kappa shape index (κ2) is 5.70. The van der Waals surface area contributed by atoms with Crippen molar-refractivity contribution in [3.05, 3.63) is 11.2 Å². The molecule has 1 saturated heterocycles. The van der Waals surface area contributed by atoms with E-state index >= 15 is 0 Å². The molecule has 0 amide bonds.